The van der Waals surface area contributed by atoms with Crippen molar-refractivity contribution in [1.29, 1.82) is 0 Å². The predicted molar refractivity (Wildman–Crippen MR) is 117 cm³/mol. The van der Waals surface area contributed by atoms with E-state index in [4.69, 9.17) is 9.72 Å². The molecule has 0 saturated carbocycles. The molecule has 8 heteroatoms. The van der Waals surface area contributed by atoms with Gasteiger partial charge in [-0.05, 0) is 24.1 Å². The van der Waals surface area contributed by atoms with Gasteiger partial charge in [-0.3, -0.25) is 4.57 Å². The zero-order valence-electron chi connectivity index (χ0n) is 15.9. The summed E-state index contributed by atoms with van der Waals surface area (Å²) >= 11 is 3.09. The number of thioether (sulfide) groups is 1. The first-order valence-corrected chi connectivity index (χ1v) is 11.0. The maximum Gasteiger partial charge on any atom is 0.343 e. The first kappa shape index (κ1) is 19.5. The fourth-order valence-corrected chi connectivity index (χ4v) is 4.77. The summed E-state index contributed by atoms with van der Waals surface area (Å²) in [7, 11) is 1.66. The Labute approximate surface area is 176 Å². The second-order valence-corrected chi connectivity index (χ2v) is 8.13. The van der Waals surface area contributed by atoms with Gasteiger partial charge in [-0.2, -0.15) is 0 Å². The van der Waals surface area contributed by atoms with Crippen LogP contribution < -0.4 is 10.4 Å². The van der Waals surface area contributed by atoms with Crippen molar-refractivity contribution < 1.29 is 4.74 Å². The number of ether oxygens (including phenoxy) is 1. The zero-order chi connectivity index (χ0) is 20.1. The van der Waals surface area contributed by atoms with Crippen molar-refractivity contribution in [1.82, 2.24) is 19.7 Å². The third kappa shape index (κ3) is 4.60. The Hall–Kier alpha value is -2.84. The van der Waals surface area contributed by atoms with E-state index in [2.05, 4.69) is 22.3 Å². The number of H-pyrrole nitrogens is 1. The van der Waals surface area contributed by atoms with Crippen LogP contribution in [0.4, 0.5) is 0 Å². The van der Waals surface area contributed by atoms with Crippen LogP contribution in [0.25, 0.3) is 10.6 Å². The van der Waals surface area contributed by atoms with Crippen LogP contribution in [-0.2, 0) is 18.7 Å². The number of hydrogen-bond donors (Lipinski definition) is 1. The third-order valence-corrected chi connectivity index (χ3v) is 6.36. The van der Waals surface area contributed by atoms with E-state index >= 15 is 0 Å². The third-order valence-electron chi connectivity index (χ3n) is 4.43. The van der Waals surface area contributed by atoms with Crippen LogP contribution in [0.15, 0.2) is 69.9 Å². The standard InChI is InChI=1S/C21H20N4O2S2/c1-27-18-10-6-5-9-17(18)19-22-16(13-28-19)14-29-21-24-23-20(26)25(21)12-11-15-7-3-2-4-8-15/h2-10,13H,11-12,14H2,1H3,(H,23,26). The molecule has 29 heavy (non-hydrogen) atoms. The number of hydrogen-bond acceptors (Lipinski definition) is 6. The van der Waals surface area contributed by atoms with E-state index in [1.807, 2.05) is 47.8 Å². The molecule has 6 nitrogen and oxygen atoms in total. The summed E-state index contributed by atoms with van der Waals surface area (Å²) in [5.74, 6) is 1.45. The molecule has 148 valence electrons. The molecule has 2 heterocycles. The highest BCUT2D eigenvalue weighted by atomic mass is 32.2. The molecule has 0 aliphatic heterocycles. The number of thiazole rings is 1. The van der Waals surface area contributed by atoms with Crippen LogP contribution in [0.3, 0.4) is 0 Å². The van der Waals surface area contributed by atoms with Gasteiger partial charge in [0.1, 0.15) is 10.8 Å². The van der Waals surface area contributed by atoms with Gasteiger partial charge in [0.15, 0.2) is 5.16 Å². The average Bonchev–Trinajstić information content (AvgIpc) is 3.38. The SMILES string of the molecule is COc1ccccc1-c1nc(CSc2n[nH]c(=O)n2CCc2ccccc2)cs1. The largest absolute Gasteiger partial charge is 0.496 e. The van der Waals surface area contributed by atoms with Crippen molar-refractivity contribution in [2.45, 2.75) is 23.9 Å². The Morgan fingerprint density at radius 2 is 1.93 bits per heavy atom. The fourth-order valence-electron chi connectivity index (χ4n) is 2.95. The van der Waals surface area contributed by atoms with Gasteiger partial charge >= 0.3 is 5.69 Å². The van der Waals surface area contributed by atoms with Gasteiger partial charge in [0.25, 0.3) is 0 Å². The van der Waals surface area contributed by atoms with E-state index in [0.717, 1.165) is 28.4 Å². The van der Waals surface area contributed by atoms with Crippen LogP contribution in [0, 0.1) is 0 Å². The number of para-hydroxylation sites is 1. The van der Waals surface area contributed by atoms with Crippen LogP contribution in [-0.4, -0.2) is 26.9 Å². The number of methoxy groups -OCH3 is 1. The summed E-state index contributed by atoms with van der Waals surface area (Å²) in [6.45, 7) is 0.589. The van der Waals surface area contributed by atoms with Gasteiger partial charge in [-0.25, -0.2) is 14.9 Å². The summed E-state index contributed by atoms with van der Waals surface area (Å²) in [5, 5.41) is 10.4. The van der Waals surface area contributed by atoms with E-state index in [1.165, 1.54) is 17.3 Å². The summed E-state index contributed by atoms with van der Waals surface area (Å²) in [6, 6.07) is 18.0. The molecule has 0 aliphatic rings. The van der Waals surface area contributed by atoms with E-state index < -0.39 is 0 Å². The van der Waals surface area contributed by atoms with Gasteiger partial charge in [-0.1, -0.05) is 54.2 Å². The maximum absolute atomic E-state index is 12.1. The minimum atomic E-state index is -0.184. The topological polar surface area (TPSA) is 72.8 Å². The van der Waals surface area contributed by atoms with E-state index in [1.54, 1.807) is 23.0 Å². The number of aromatic nitrogens is 4. The summed E-state index contributed by atoms with van der Waals surface area (Å²) in [6.07, 6.45) is 0.780. The molecule has 0 unspecified atom stereocenters. The zero-order valence-corrected chi connectivity index (χ0v) is 17.5. The fraction of sp³-hybridized carbons (Fsp3) is 0.190. The molecule has 0 fully saturated rings. The van der Waals surface area contributed by atoms with E-state index in [9.17, 15) is 4.79 Å². The molecule has 0 radical (unpaired) electrons. The smallest absolute Gasteiger partial charge is 0.343 e. The molecule has 4 aromatic rings. The number of aromatic amines is 1. The van der Waals surface area contributed by atoms with Gasteiger partial charge in [0, 0.05) is 17.7 Å². The quantitative estimate of drug-likeness (QED) is 0.428. The highest BCUT2D eigenvalue weighted by molar-refractivity contribution is 7.98. The highest BCUT2D eigenvalue weighted by Gasteiger charge is 2.13. The molecule has 0 amide bonds. The molecule has 2 aromatic carbocycles. The van der Waals surface area contributed by atoms with E-state index in [-0.39, 0.29) is 5.69 Å². The number of nitrogens with zero attached hydrogens (tertiary/aromatic N) is 3. The van der Waals surface area contributed by atoms with Crippen LogP contribution in [0.5, 0.6) is 5.75 Å². The van der Waals surface area contributed by atoms with Crippen molar-refractivity contribution in [3.63, 3.8) is 0 Å². The van der Waals surface area contributed by atoms with Crippen LogP contribution >= 0.6 is 23.1 Å². The Kier molecular flexibility index (Phi) is 6.12. The second-order valence-electron chi connectivity index (χ2n) is 6.33. The molecular weight excluding hydrogens is 404 g/mol. The predicted octanol–water partition coefficient (Wildman–Crippen LogP) is 4.24. The van der Waals surface area contributed by atoms with Gasteiger partial charge in [0.2, 0.25) is 0 Å². The summed E-state index contributed by atoms with van der Waals surface area (Å²) in [5.41, 5.74) is 2.94. The molecule has 1 N–H and O–H groups in total. The van der Waals surface area contributed by atoms with Crippen molar-refractivity contribution in [3.8, 4) is 16.3 Å². The highest BCUT2D eigenvalue weighted by Crippen LogP contribution is 2.33. The molecule has 4 rings (SSSR count). The monoisotopic (exact) mass is 424 g/mol. The van der Waals surface area contributed by atoms with Crippen molar-refractivity contribution in [2.75, 3.05) is 7.11 Å². The Morgan fingerprint density at radius 1 is 1.14 bits per heavy atom. The lowest BCUT2D eigenvalue weighted by molar-refractivity contribution is 0.416. The molecule has 0 aliphatic carbocycles. The Balaban J connectivity index is 1.44. The summed E-state index contributed by atoms with van der Waals surface area (Å²) < 4.78 is 7.12. The lowest BCUT2D eigenvalue weighted by Crippen LogP contribution is -2.18. The lowest BCUT2D eigenvalue weighted by atomic mass is 10.1. The number of nitrogens with one attached hydrogen (secondary N) is 1. The minimum absolute atomic E-state index is 0.184. The van der Waals surface area contributed by atoms with Gasteiger partial charge in [0.05, 0.1) is 18.4 Å². The van der Waals surface area contributed by atoms with Crippen molar-refractivity contribution in [3.05, 3.63) is 81.7 Å². The summed E-state index contributed by atoms with van der Waals surface area (Å²) in [4.78, 5) is 16.9. The first-order chi connectivity index (χ1) is 14.2. The molecule has 0 atom stereocenters. The molecule has 0 bridgehead atoms. The first-order valence-electron chi connectivity index (χ1n) is 9.14. The molecule has 2 aromatic heterocycles. The Bertz CT molecular complexity index is 1130. The van der Waals surface area contributed by atoms with E-state index in [0.29, 0.717) is 17.5 Å². The molecule has 0 spiro atoms. The number of aryl methyl sites for hydroxylation is 1. The normalized spacial score (nSPS) is 10.9. The molecular formula is C21H20N4O2S2. The number of rotatable bonds is 8. The van der Waals surface area contributed by atoms with Crippen LogP contribution in [0.2, 0.25) is 0 Å². The second kappa shape index (κ2) is 9.11. The van der Waals surface area contributed by atoms with Gasteiger partial charge < -0.3 is 4.74 Å². The Morgan fingerprint density at radius 3 is 2.76 bits per heavy atom. The lowest BCUT2D eigenvalue weighted by Gasteiger charge is -2.05. The maximum atomic E-state index is 12.1. The minimum Gasteiger partial charge on any atom is -0.496 e. The van der Waals surface area contributed by atoms with Crippen LogP contribution in [0.1, 0.15) is 11.3 Å². The van der Waals surface area contributed by atoms with Crippen molar-refractivity contribution in [2.24, 2.45) is 0 Å². The van der Waals surface area contributed by atoms with Gasteiger partial charge in [-0.15, -0.1) is 16.4 Å². The van der Waals surface area contributed by atoms with Crippen molar-refractivity contribution >= 4 is 23.1 Å². The average molecular weight is 425 g/mol. The number of benzene rings is 2. The molecule has 0 saturated heterocycles.